The van der Waals surface area contributed by atoms with Crippen molar-refractivity contribution in [3.05, 3.63) is 53.6 Å². The summed E-state index contributed by atoms with van der Waals surface area (Å²) in [5.74, 6) is 1.38. The number of aliphatic imine (C=N–C) groups is 2. The molecule has 2 N–H and O–H groups in total. The van der Waals surface area contributed by atoms with E-state index in [1.165, 1.54) is 16.7 Å². The lowest BCUT2D eigenvalue weighted by molar-refractivity contribution is -0.125. The second-order valence-corrected chi connectivity index (χ2v) is 10.7. The molecule has 2 unspecified atom stereocenters. The molecule has 0 spiro atoms. The number of rotatable bonds is 9. The number of carbonyl (C=O) groups is 3. The quantitative estimate of drug-likeness (QED) is 0.479. The zero-order valence-electron chi connectivity index (χ0n) is 21.8. The van der Waals surface area contributed by atoms with Crippen LogP contribution in [-0.4, -0.2) is 71.5 Å². The number of nitrogens with zero attached hydrogens (tertiary/aromatic N) is 3. The smallest absolute Gasteiger partial charge is 0.259 e. The van der Waals surface area contributed by atoms with E-state index in [1.54, 1.807) is 0 Å². The Kier molecular flexibility index (Phi) is 7.69. The maximum absolute atomic E-state index is 13.4. The molecule has 0 saturated carbocycles. The first-order valence-corrected chi connectivity index (χ1v) is 14.3. The van der Waals surface area contributed by atoms with Gasteiger partial charge in [-0.25, -0.2) is 9.89 Å². The number of amidine groups is 2. The second-order valence-electron chi connectivity index (χ2n) is 9.78. The number of fused-ring (bicyclic) bond motifs is 4. The standard InChI is InChI=1S/C28H29N5O6S/c34-24(29-13-17-7-9-22-23(12-17)39-16-38-22)10-8-21-27(36)33-26(31-21)19-5-1-2-6-20(19)32-28(33)40-15-25(35)30-14-18-4-3-11-37-18/h1-2,5-7,9,12,18,21H,3-4,8,10-11,13-16H2,(H,29,34)(H,30,35). The highest BCUT2D eigenvalue weighted by Gasteiger charge is 2.41. The molecule has 11 nitrogen and oxygen atoms in total. The molecule has 2 aromatic rings. The topological polar surface area (TPSA) is 131 Å². The lowest BCUT2D eigenvalue weighted by atomic mass is 10.1. The zero-order chi connectivity index (χ0) is 27.5. The molecule has 208 valence electrons. The summed E-state index contributed by atoms with van der Waals surface area (Å²) in [5, 5.41) is 6.20. The van der Waals surface area contributed by atoms with Crippen molar-refractivity contribution in [3.63, 3.8) is 0 Å². The summed E-state index contributed by atoms with van der Waals surface area (Å²) >= 11 is 1.20. The average molecular weight is 564 g/mol. The van der Waals surface area contributed by atoms with Crippen LogP contribution in [0.1, 0.15) is 36.8 Å². The Bertz CT molecular complexity index is 1390. The van der Waals surface area contributed by atoms with Crippen LogP contribution in [0, 0.1) is 0 Å². The van der Waals surface area contributed by atoms with Gasteiger partial charge in [-0.05, 0) is 49.1 Å². The van der Waals surface area contributed by atoms with E-state index in [4.69, 9.17) is 19.2 Å². The summed E-state index contributed by atoms with van der Waals surface area (Å²) in [6, 6.07) is 12.3. The molecule has 2 aromatic carbocycles. The Morgan fingerprint density at radius 2 is 1.95 bits per heavy atom. The number of thioether (sulfide) groups is 1. The van der Waals surface area contributed by atoms with E-state index in [-0.39, 0.29) is 49.2 Å². The minimum absolute atomic E-state index is 0.0571. The van der Waals surface area contributed by atoms with Crippen molar-refractivity contribution in [1.29, 1.82) is 0 Å². The fourth-order valence-corrected chi connectivity index (χ4v) is 5.74. The molecule has 4 aliphatic heterocycles. The van der Waals surface area contributed by atoms with Gasteiger partial charge in [0.05, 0.1) is 17.5 Å². The maximum Gasteiger partial charge on any atom is 0.259 e. The van der Waals surface area contributed by atoms with Crippen molar-refractivity contribution in [2.24, 2.45) is 9.98 Å². The molecular weight excluding hydrogens is 534 g/mol. The summed E-state index contributed by atoms with van der Waals surface area (Å²) in [5.41, 5.74) is 2.33. The third kappa shape index (κ3) is 5.68. The highest BCUT2D eigenvalue weighted by atomic mass is 32.2. The Morgan fingerprint density at radius 3 is 2.83 bits per heavy atom. The van der Waals surface area contributed by atoms with Crippen molar-refractivity contribution >= 4 is 46.2 Å². The van der Waals surface area contributed by atoms with Gasteiger partial charge in [-0.15, -0.1) is 0 Å². The Hall–Kier alpha value is -3.90. The zero-order valence-corrected chi connectivity index (χ0v) is 22.6. The van der Waals surface area contributed by atoms with E-state index in [0.29, 0.717) is 41.3 Å². The Labute approximate surface area is 235 Å². The fraction of sp³-hybridized carbons (Fsp3) is 0.393. The second kappa shape index (κ2) is 11.7. The van der Waals surface area contributed by atoms with E-state index in [1.807, 2.05) is 42.5 Å². The predicted octanol–water partition coefficient (Wildman–Crippen LogP) is 2.50. The van der Waals surface area contributed by atoms with Gasteiger partial charge in [0, 0.05) is 31.7 Å². The molecule has 4 heterocycles. The number of nitrogens with one attached hydrogen (secondary N) is 2. The number of hydrogen-bond donors (Lipinski definition) is 2. The molecule has 3 amide bonds. The average Bonchev–Trinajstić information content (AvgIpc) is 3.73. The van der Waals surface area contributed by atoms with Gasteiger partial charge >= 0.3 is 0 Å². The van der Waals surface area contributed by atoms with Crippen LogP contribution >= 0.6 is 11.8 Å². The minimum atomic E-state index is -0.711. The molecular formula is C28H29N5O6S. The molecule has 0 aliphatic carbocycles. The molecule has 0 aromatic heterocycles. The maximum atomic E-state index is 13.4. The molecule has 1 fully saturated rings. The number of amides is 3. The summed E-state index contributed by atoms with van der Waals surface area (Å²) < 4.78 is 16.3. The number of carbonyl (C=O) groups excluding carboxylic acids is 3. The predicted molar refractivity (Wildman–Crippen MR) is 149 cm³/mol. The van der Waals surface area contributed by atoms with Gasteiger partial charge in [-0.1, -0.05) is 30.0 Å². The number of para-hydroxylation sites is 1. The third-order valence-corrected chi connectivity index (χ3v) is 7.94. The van der Waals surface area contributed by atoms with Crippen LogP contribution in [0.25, 0.3) is 0 Å². The van der Waals surface area contributed by atoms with Gasteiger partial charge < -0.3 is 24.8 Å². The fourth-order valence-electron chi connectivity index (χ4n) is 4.91. The number of benzene rings is 2. The van der Waals surface area contributed by atoms with E-state index < -0.39 is 6.04 Å². The molecule has 12 heteroatoms. The lowest BCUT2D eigenvalue weighted by Gasteiger charge is -2.25. The van der Waals surface area contributed by atoms with E-state index in [2.05, 4.69) is 15.6 Å². The van der Waals surface area contributed by atoms with Crippen molar-refractivity contribution in [1.82, 2.24) is 15.5 Å². The van der Waals surface area contributed by atoms with Crippen molar-refractivity contribution in [2.75, 3.05) is 25.7 Å². The first kappa shape index (κ1) is 26.3. The van der Waals surface area contributed by atoms with Gasteiger partial charge in [0.25, 0.3) is 5.91 Å². The van der Waals surface area contributed by atoms with Crippen molar-refractivity contribution in [3.8, 4) is 11.5 Å². The molecule has 1 saturated heterocycles. The largest absolute Gasteiger partial charge is 0.454 e. The SMILES string of the molecule is O=C(CCC1N=C2c3ccccc3N=C(SCC(=O)NCC3CCCO3)N2C1=O)NCc1ccc2c(c1)OCO2. The number of hydrogen-bond acceptors (Lipinski definition) is 9. The lowest BCUT2D eigenvalue weighted by Crippen LogP contribution is -2.42. The van der Waals surface area contributed by atoms with Crippen LogP contribution in [0.15, 0.2) is 52.4 Å². The summed E-state index contributed by atoms with van der Waals surface area (Å²) in [4.78, 5) is 49.4. The van der Waals surface area contributed by atoms with E-state index >= 15 is 0 Å². The molecule has 0 bridgehead atoms. The molecule has 0 radical (unpaired) electrons. The van der Waals surface area contributed by atoms with Crippen LogP contribution in [0.5, 0.6) is 11.5 Å². The molecule has 6 rings (SSSR count). The number of ether oxygens (including phenoxy) is 3. The van der Waals surface area contributed by atoms with Crippen molar-refractivity contribution < 1.29 is 28.6 Å². The van der Waals surface area contributed by atoms with Gasteiger partial charge in [0.2, 0.25) is 18.6 Å². The van der Waals surface area contributed by atoms with Gasteiger partial charge in [-0.3, -0.25) is 19.4 Å². The van der Waals surface area contributed by atoms with Crippen LogP contribution < -0.4 is 20.1 Å². The normalized spacial score (nSPS) is 20.5. The van der Waals surface area contributed by atoms with Gasteiger partial charge in [-0.2, -0.15) is 0 Å². The van der Waals surface area contributed by atoms with E-state index in [9.17, 15) is 14.4 Å². The first-order valence-electron chi connectivity index (χ1n) is 13.3. The van der Waals surface area contributed by atoms with E-state index in [0.717, 1.165) is 30.6 Å². The minimum Gasteiger partial charge on any atom is -0.454 e. The summed E-state index contributed by atoms with van der Waals surface area (Å²) in [6.45, 7) is 1.74. The van der Waals surface area contributed by atoms with Crippen molar-refractivity contribution in [2.45, 2.75) is 44.4 Å². The summed E-state index contributed by atoms with van der Waals surface area (Å²) in [6.07, 6.45) is 2.40. The highest BCUT2D eigenvalue weighted by Crippen LogP contribution is 2.35. The highest BCUT2D eigenvalue weighted by molar-refractivity contribution is 8.14. The Balaban J connectivity index is 1.06. The van der Waals surface area contributed by atoms with Gasteiger partial charge in [0.1, 0.15) is 11.9 Å². The molecule has 2 atom stereocenters. The third-order valence-electron chi connectivity index (χ3n) is 7.00. The monoisotopic (exact) mass is 563 g/mol. The van der Waals surface area contributed by atoms with Crippen LogP contribution in [0.3, 0.4) is 0 Å². The molecule has 40 heavy (non-hydrogen) atoms. The molecule has 4 aliphatic rings. The van der Waals surface area contributed by atoms with Gasteiger partial charge in [0.15, 0.2) is 16.7 Å². The van der Waals surface area contributed by atoms with Crippen LogP contribution in [-0.2, 0) is 25.7 Å². The van der Waals surface area contributed by atoms with Crippen LogP contribution in [0.2, 0.25) is 0 Å². The van der Waals surface area contributed by atoms with Crippen LogP contribution in [0.4, 0.5) is 5.69 Å². The summed E-state index contributed by atoms with van der Waals surface area (Å²) in [7, 11) is 0. The first-order chi connectivity index (χ1) is 19.5. The Morgan fingerprint density at radius 1 is 1.07 bits per heavy atom.